The summed E-state index contributed by atoms with van der Waals surface area (Å²) in [6, 6.07) is 7.87. The maximum absolute atomic E-state index is 12.5. The fraction of sp³-hybridized carbons (Fsp3) is 0.440. The lowest BCUT2D eigenvalue weighted by molar-refractivity contribution is -0.116. The van der Waals surface area contributed by atoms with Crippen molar-refractivity contribution in [2.45, 2.75) is 36.9 Å². The number of fused-ring (bicyclic) bond motifs is 2. The molecule has 0 spiro atoms. The van der Waals surface area contributed by atoms with E-state index >= 15 is 0 Å². The number of hydrogen-bond acceptors (Lipinski definition) is 8. The lowest BCUT2D eigenvalue weighted by Gasteiger charge is -2.32. The van der Waals surface area contributed by atoms with Crippen LogP contribution in [0.3, 0.4) is 0 Å². The largest absolute Gasteiger partial charge is 0.497 e. The van der Waals surface area contributed by atoms with E-state index in [1.54, 1.807) is 23.6 Å². The van der Waals surface area contributed by atoms with Crippen LogP contribution in [0.2, 0.25) is 5.02 Å². The minimum Gasteiger partial charge on any atom is -0.497 e. The van der Waals surface area contributed by atoms with Crippen LogP contribution in [0.15, 0.2) is 40.2 Å². The first-order chi connectivity index (χ1) is 17.4. The van der Waals surface area contributed by atoms with Gasteiger partial charge in [0.25, 0.3) is 5.56 Å². The predicted molar refractivity (Wildman–Crippen MR) is 142 cm³/mol. The standard InChI is InChI=1S/C25H29ClN6O3S/c1-30-24(34)15-36-22-12-18(26)20(29-25(22)30)13-27-16-5-7-31(8-6-16)9-10-32-21-11-17(35-2)3-4-19(21)28-14-23(32)33/h3-4,11-12,14,16,27H,5-10,13,15H2,1-2H3. The molecule has 1 saturated heterocycles. The van der Waals surface area contributed by atoms with Gasteiger partial charge in [-0.05, 0) is 44.1 Å². The van der Waals surface area contributed by atoms with Gasteiger partial charge in [-0.3, -0.25) is 14.5 Å². The molecule has 0 bridgehead atoms. The number of hydrogen-bond donors (Lipinski definition) is 1. The van der Waals surface area contributed by atoms with Crippen LogP contribution in [-0.4, -0.2) is 70.9 Å². The summed E-state index contributed by atoms with van der Waals surface area (Å²) in [6.45, 7) is 3.83. The van der Waals surface area contributed by atoms with Crippen molar-refractivity contribution in [2.24, 2.45) is 0 Å². The molecule has 0 aliphatic carbocycles. The SMILES string of the molecule is COc1ccc2ncc(=O)n(CCN3CCC(NCc4nc5c(cc4Cl)SCC(=O)N5C)CC3)c2c1. The number of nitrogens with zero attached hydrogens (tertiary/aromatic N) is 5. The number of amides is 1. The molecule has 1 aromatic carbocycles. The molecule has 0 radical (unpaired) electrons. The Kier molecular flexibility index (Phi) is 7.47. The monoisotopic (exact) mass is 528 g/mol. The second-order valence-corrected chi connectivity index (χ2v) is 10.5. The number of thioether (sulfide) groups is 1. The van der Waals surface area contributed by atoms with Crippen molar-refractivity contribution < 1.29 is 9.53 Å². The Hall–Kier alpha value is -2.66. The third-order valence-corrected chi connectivity index (χ3v) is 8.21. The van der Waals surface area contributed by atoms with Gasteiger partial charge in [0.05, 0.1) is 45.7 Å². The van der Waals surface area contributed by atoms with Gasteiger partial charge in [0.2, 0.25) is 5.91 Å². The Morgan fingerprint density at radius 2 is 2.00 bits per heavy atom. The highest BCUT2D eigenvalue weighted by molar-refractivity contribution is 8.00. The Bertz CT molecular complexity index is 1340. The Labute approximate surface area is 218 Å². The zero-order valence-electron chi connectivity index (χ0n) is 20.4. The number of pyridine rings is 1. The van der Waals surface area contributed by atoms with E-state index in [1.165, 1.54) is 18.0 Å². The van der Waals surface area contributed by atoms with Gasteiger partial charge in [-0.25, -0.2) is 9.97 Å². The van der Waals surface area contributed by atoms with E-state index < -0.39 is 0 Å². The lowest BCUT2D eigenvalue weighted by Crippen LogP contribution is -2.43. The van der Waals surface area contributed by atoms with Crippen LogP contribution in [0.4, 0.5) is 5.82 Å². The molecular formula is C25H29ClN6O3S. The maximum Gasteiger partial charge on any atom is 0.269 e. The van der Waals surface area contributed by atoms with Gasteiger partial charge in [0, 0.05) is 38.8 Å². The molecule has 2 aromatic heterocycles. The van der Waals surface area contributed by atoms with Crippen LogP contribution >= 0.6 is 23.4 Å². The highest BCUT2D eigenvalue weighted by atomic mass is 35.5. The van der Waals surface area contributed by atoms with E-state index in [9.17, 15) is 9.59 Å². The maximum atomic E-state index is 12.5. The number of carbonyl (C=O) groups is 1. The number of likely N-dealkylation sites (tertiary alicyclic amines) is 1. The molecule has 4 heterocycles. The first-order valence-electron chi connectivity index (χ1n) is 12.0. The molecule has 9 nitrogen and oxygen atoms in total. The minimum atomic E-state index is -0.104. The summed E-state index contributed by atoms with van der Waals surface area (Å²) in [4.78, 5) is 38.4. The molecule has 11 heteroatoms. The highest BCUT2D eigenvalue weighted by Gasteiger charge is 2.25. The molecule has 36 heavy (non-hydrogen) atoms. The summed E-state index contributed by atoms with van der Waals surface area (Å²) < 4.78 is 7.11. The first kappa shape index (κ1) is 25.0. The van der Waals surface area contributed by atoms with Gasteiger partial charge in [-0.1, -0.05) is 11.6 Å². The van der Waals surface area contributed by atoms with Crippen LogP contribution in [0.25, 0.3) is 11.0 Å². The van der Waals surface area contributed by atoms with E-state index in [0.29, 0.717) is 41.5 Å². The smallest absolute Gasteiger partial charge is 0.269 e. The number of aromatic nitrogens is 3. The molecule has 3 aromatic rings. The van der Waals surface area contributed by atoms with E-state index in [-0.39, 0.29) is 11.5 Å². The molecule has 1 N–H and O–H groups in total. The Balaban J connectivity index is 1.16. The van der Waals surface area contributed by atoms with E-state index in [0.717, 1.165) is 54.1 Å². The topological polar surface area (TPSA) is 92.6 Å². The summed E-state index contributed by atoms with van der Waals surface area (Å²) in [6.07, 6.45) is 3.38. The first-order valence-corrected chi connectivity index (χ1v) is 13.4. The lowest BCUT2D eigenvalue weighted by atomic mass is 10.0. The van der Waals surface area contributed by atoms with Crippen molar-refractivity contribution in [3.8, 4) is 5.75 Å². The number of benzene rings is 1. The van der Waals surface area contributed by atoms with Crippen molar-refractivity contribution in [1.29, 1.82) is 0 Å². The zero-order valence-corrected chi connectivity index (χ0v) is 21.9. The molecule has 5 rings (SSSR count). The summed E-state index contributed by atoms with van der Waals surface area (Å²) in [5, 5.41) is 4.22. The van der Waals surface area contributed by atoms with Crippen LogP contribution in [-0.2, 0) is 17.9 Å². The predicted octanol–water partition coefficient (Wildman–Crippen LogP) is 2.78. The number of rotatable bonds is 7. The molecule has 1 amide bonds. The van der Waals surface area contributed by atoms with Crippen molar-refractivity contribution in [1.82, 2.24) is 24.8 Å². The van der Waals surface area contributed by atoms with Gasteiger partial charge in [-0.15, -0.1) is 11.8 Å². The number of halogens is 1. The number of methoxy groups -OCH3 is 1. The molecule has 190 valence electrons. The van der Waals surface area contributed by atoms with Crippen molar-refractivity contribution in [2.75, 3.05) is 44.4 Å². The fourth-order valence-electron chi connectivity index (χ4n) is 4.67. The van der Waals surface area contributed by atoms with Gasteiger partial charge in [0.15, 0.2) is 0 Å². The normalized spacial score (nSPS) is 17.0. The number of nitrogens with one attached hydrogen (secondary N) is 1. The number of ether oxygens (including phenoxy) is 1. The third-order valence-electron chi connectivity index (χ3n) is 6.88. The average molecular weight is 529 g/mol. The quantitative estimate of drug-likeness (QED) is 0.500. The van der Waals surface area contributed by atoms with Gasteiger partial charge in [-0.2, -0.15) is 0 Å². The van der Waals surface area contributed by atoms with E-state index in [2.05, 4.69) is 20.2 Å². The number of carbonyl (C=O) groups excluding carboxylic acids is 1. The van der Waals surface area contributed by atoms with Crippen LogP contribution in [0.1, 0.15) is 18.5 Å². The molecule has 0 saturated carbocycles. The van der Waals surface area contributed by atoms with Crippen LogP contribution in [0.5, 0.6) is 5.75 Å². The van der Waals surface area contributed by atoms with Gasteiger partial charge >= 0.3 is 0 Å². The van der Waals surface area contributed by atoms with Gasteiger partial charge in [0.1, 0.15) is 11.6 Å². The van der Waals surface area contributed by atoms with Crippen LogP contribution < -0.4 is 20.5 Å². The minimum absolute atomic E-state index is 0.0507. The highest BCUT2D eigenvalue weighted by Crippen LogP contribution is 2.36. The molecule has 0 unspecified atom stereocenters. The average Bonchev–Trinajstić information content (AvgIpc) is 2.89. The van der Waals surface area contributed by atoms with Crippen molar-refractivity contribution in [3.63, 3.8) is 0 Å². The van der Waals surface area contributed by atoms with Crippen LogP contribution in [0, 0.1) is 0 Å². The summed E-state index contributed by atoms with van der Waals surface area (Å²) >= 11 is 7.97. The number of piperidine rings is 1. The van der Waals surface area contributed by atoms with Crippen molar-refractivity contribution in [3.05, 3.63) is 51.5 Å². The zero-order chi connectivity index (χ0) is 25.2. The second-order valence-electron chi connectivity index (χ2n) is 9.08. The molecular weight excluding hydrogens is 500 g/mol. The third kappa shape index (κ3) is 5.22. The second kappa shape index (κ2) is 10.8. The fourth-order valence-corrected chi connectivity index (χ4v) is 5.94. The number of anilines is 1. The molecule has 2 aliphatic rings. The molecule has 0 atom stereocenters. The summed E-state index contributed by atoms with van der Waals surface area (Å²) in [5.41, 5.74) is 2.23. The summed E-state index contributed by atoms with van der Waals surface area (Å²) in [5.74, 6) is 1.86. The van der Waals surface area contributed by atoms with Crippen molar-refractivity contribution >= 4 is 46.1 Å². The van der Waals surface area contributed by atoms with E-state index in [1.807, 2.05) is 24.3 Å². The molecule has 2 aliphatic heterocycles. The Morgan fingerprint density at radius 3 is 2.78 bits per heavy atom. The Morgan fingerprint density at radius 1 is 1.19 bits per heavy atom. The van der Waals surface area contributed by atoms with Gasteiger partial charge < -0.3 is 19.5 Å². The van der Waals surface area contributed by atoms with E-state index in [4.69, 9.17) is 16.3 Å². The molecule has 1 fully saturated rings. The summed E-state index contributed by atoms with van der Waals surface area (Å²) in [7, 11) is 3.38.